The number of amides is 3. The van der Waals surface area contributed by atoms with Gasteiger partial charge in [0.25, 0.3) is 0 Å². The summed E-state index contributed by atoms with van der Waals surface area (Å²) < 4.78 is 4.70. The van der Waals surface area contributed by atoms with E-state index < -0.39 is 12.1 Å². The average Bonchev–Trinajstić information content (AvgIpc) is 2.17. The largest absolute Gasteiger partial charge is 0.450 e. The Morgan fingerprint density at radius 1 is 1.31 bits per heavy atom. The van der Waals surface area contributed by atoms with Gasteiger partial charge in [0.2, 0.25) is 0 Å². The summed E-state index contributed by atoms with van der Waals surface area (Å²) in [5.41, 5.74) is 5.98. The highest BCUT2D eigenvalue weighted by atomic mass is 16.5. The fourth-order valence-corrected chi connectivity index (χ4v) is 1.10. The third kappa shape index (κ3) is 3.87. The van der Waals surface area contributed by atoms with Crippen LogP contribution in [0, 0.1) is 0 Å². The molecule has 0 fully saturated rings. The molecular formula is C10H13N3O3. The van der Waals surface area contributed by atoms with E-state index in [1.165, 1.54) is 0 Å². The van der Waals surface area contributed by atoms with Gasteiger partial charge in [0.1, 0.15) is 0 Å². The van der Waals surface area contributed by atoms with E-state index in [4.69, 9.17) is 10.5 Å². The topological polar surface area (TPSA) is 93.4 Å². The lowest BCUT2D eigenvalue weighted by atomic mass is 10.3. The molecule has 0 saturated heterocycles. The van der Waals surface area contributed by atoms with Crippen molar-refractivity contribution in [3.63, 3.8) is 0 Å². The summed E-state index contributed by atoms with van der Waals surface area (Å²) in [5.74, 6) is 0. The minimum atomic E-state index is -0.659. The molecule has 4 N–H and O–H groups in total. The van der Waals surface area contributed by atoms with E-state index in [0.717, 1.165) is 0 Å². The van der Waals surface area contributed by atoms with Gasteiger partial charge in [0.15, 0.2) is 0 Å². The van der Waals surface area contributed by atoms with Gasteiger partial charge in [-0.05, 0) is 25.1 Å². The van der Waals surface area contributed by atoms with E-state index in [-0.39, 0.29) is 0 Å². The molecule has 3 amide bonds. The van der Waals surface area contributed by atoms with E-state index in [1.54, 1.807) is 31.2 Å². The van der Waals surface area contributed by atoms with Crippen molar-refractivity contribution >= 4 is 23.5 Å². The first-order chi connectivity index (χ1) is 7.61. The van der Waals surface area contributed by atoms with Crippen LogP contribution in [-0.2, 0) is 4.74 Å². The number of carbonyl (C=O) groups is 2. The molecule has 0 aliphatic heterocycles. The Labute approximate surface area is 92.8 Å². The fourth-order valence-electron chi connectivity index (χ4n) is 1.10. The maximum atomic E-state index is 11.1. The van der Waals surface area contributed by atoms with Gasteiger partial charge in [-0.25, -0.2) is 9.59 Å². The van der Waals surface area contributed by atoms with Crippen molar-refractivity contribution in [1.82, 2.24) is 0 Å². The molecule has 0 aliphatic rings. The zero-order valence-electron chi connectivity index (χ0n) is 8.82. The lowest BCUT2D eigenvalue weighted by Gasteiger charge is -2.07. The van der Waals surface area contributed by atoms with Crippen LogP contribution in [0.15, 0.2) is 24.3 Å². The number of nitrogens with two attached hydrogens (primary N) is 1. The molecule has 1 aromatic rings. The number of hydrogen-bond donors (Lipinski definition) is 3. The molecule has 1 aromatic carbocycles. The maximum absolute atomic E-state index is 11.1. The quantitative estimate of drug-likeness (QED) is 0.728. The lowest BCUT2D eigenvalue weighted by Crippen LogP contribution is -2.19. The predicted octanol–water partition coefficient (Wildman–Crippen LogP) is 1.75. The number of nitrogens with one attached hydrogen (secondary N) is 2. The Balaban J connectivity index is 2.67. The van der Waals surface area contributed by atoms with E-state index in [0.29, 0.717) is 18.0 Å². The molecule has 0 saturated carbocycles. The summed E-state index contributed by atoms with van der Waals surface area (Å²) in [7, 11) is 0. The van der Waals surface area contributed by atoms with E-state index in [1.807, 2.05) is 0 Å². The van der Waals surface area contributed by atoms with Crippen molar-refractivity contribution in [2.45, 2.75) is 6.92 Å². The minimum Gasteiger partial charge on any atom is -0.450 e. The molecule has 0 unspecified atom stereocenters. The van der Waals surface area contributed by atoms with Crippen LogP contribution >= 0.6 is 0 Å². The summed E-state index contributed by atoms with van der Waals surface area (Å²) in [6, 6.07) is 5.91. The second-order valence-electron chi connectivity index (χ2n) is 2.92. The minimum absolute atomic E-state index is 0.297. The first-order valence-corrected chi connectivity index (χ1v) is 4.72. The van der Waals surface area contributed by atoms with Crippen LogP contribution in [0.1, 0.15) is 6.92 Å². The van der Waals surface area contributed by atoms with Crippen molar-refractivity contribution in [2.75, 3.05) is 17.2 Å². The van der Waals surface area contributed by atoms with Crippen LogP contribution in [-0.4, -0.2) is 18.7 Å². The molecule has 6 nitrogen and oxygen atoms in total. The van der Waals surface area contributed by atoms with Crippen molar-refractivity contribution in [1.29, 1.82) is 0 Å². The maximum Gasteiger partial charge on any atom is 0.411 e. The highest BCUT2D eigenvalue weighted by Crippen LogP contribution is 2.14. The van der Waals surface area contributed by atoms with Crippen LogP contribution in [0.5, 0.6) is 0 Å². The smallest absolute Gasteiger partial charge is 0.411 e. The Kier molecular flexibility index (Phi) is 4.14. The molecule has 0 atom stereocenters. The second kappa shape index (κ2) is 5.59. The first-order valence-electron chi connectivity index (χ1n) is 4.72. The molecule has 6 heteroatoms. The van der Waals surface area contributed by atoms with E-state index in [9.17, 15) is 9.59 Å². The molecule has 16 heavy (non-hydrogen) atoms. The zero-order chi connectivity index (χ0) is 12.0. The molecular weight excluding hydrogens is 210 g/mol. The second-order valence-corrected chi connectivity index (χ2v) is 2.92. The number of urea groups is 1. The lowest BCUT2D eigenvalue weighted by molar-refractivity contribution is 0.168. The Bertz CT molecular complexity index is 393. The molecule has 0 heterocycles. The Morgan fingerprint density at radius 2 is 1.94 bits per heavy atom. The fraction of sp³-hybridized carbons (Fsp3) is 0.200. The summed E-state index contributed by atoms with van der Waals surface area (Å²) >= 11 is 0. The van der Waals surface area contributed by atoms with Crippen LogP contribution in [0.4, 0.5) is 21.0 Å². The van der Waals surface area contributed by atoms with Crippen LogP contribution < -0.4 is 16.4 Å². The first kappa shape index (κ1) is 11.8. The zero-order valence-corrected chi connectivity index (χ0v) is 8.82. The highest BCUT2D eigenvalue weighted by Gasteiger charge is 2.02. The van der Waals surface area contributed by atoms with Crippen molar-refractivity contribution < 1.29 is 14.3 Å². The number of benzene rings is 1. The van der Waals surface area contributed by atoms with Gasteiger partial charge >= 0.3 is 12.1 Å². The molecule has 0 bridgehead atoms. The summed E-state index contributed by atoms with van der Waals surface area (Å²) in [6.45, 7) is 2.01. The average molecular weight is 223 g/mol. The van der Waals surface area contributed by atoms with Gasteiger partial charge in [-0.15, -0.1) is 0 Å². The number of hydrogen-bond acceptors (Lipinski definition) is 3. The molecule has 0 radical (unpaired) electrons. The van der Waals surface area contributed by atoms with Gasteiger partial charge in [-0.2, -0.15) is 0 Å². The van der Waals surface area contributed by atoms with Crippen LogP contribution in [0.25, 0.3) is 0 Å². The third-order valence-corrected chi connectivity index (χ3v) is 1.65. The van der Waals surface area contributed by atoms with Crippen LogP contribution in [0.2, 0.25) is 0 Å². The van der Waals surface area contributed by atoms with Gasteiger partial charge in [0.05, 0.1) is 6.61 Å². The number of rotatable bonds is 3. The predicted molar refractivity (Wildman–Crippen MR) is 60.3 cm³/mol. The standard InChI is InChI=1S/C10H13N3O3/c1-2-16-10(15)13-8-5-3-4-7(6-8)12-9(11)14/h3-6H,2H2,1H3,(H,13,15)(H3,11,12,14). The van der Waals surface area contributed by atoms with E-state index >= 15 is 0 Å². The molecule has 0 aliphatic carbocycles. The molecule has 0 aromatic heterocycles. The monoisotopic (exact) mass is 223 g/mol. The van der Waals surface area contributed by atoms with Crippen molar-refractivity contribution in [3.05, 3.63) is 24.3 Å². The van der Waals surface area contributed by atoms with Gasteiger partial charge in [-0.3, -0.25) is 5.32 Å². The number of ether oxygens (including phenoxy) is 1. The number of anilines is 2. The number of carbonyl (C=O) groups excluding carboxylic acids is 2. The van der Waals surface area contributed by atoms with Crippen molar-refractivity contribution in [3.8, 4) is 0 Å². The summed E-state index contributed by atoms with van der Waals surface area (Å²) in [4.78, 5) is 21.7. The molecule has 1 rings (SSSR count). The van der Waals surface area contributed by atoms with E-state index in [2.05, 4.69) is 10.6 Å². The third-order valence-electron chi connectivity index (χ3n) is 1.65. The summed E-state index contributed by atoms with van der Waals surface area (Å²) in [5, 5.41) is 4.90. The highest BCUT2D eigenvalue weighted by molar-refractivity contribution is 5.90. The van der Waals surface area contributed by atoms with Gasteiger partial charge in [-0.1, -0.05) is 6.07 Å². The van der Waals surface area contributed by atoms with Crippen LogP contribution in [0.3, 0.4) is 0 Å². The Morgan fingerprint density at radius 3 is 2.50 bits per heavy atom. The normalized spacial score (nSPS) is 9.31. The van der Waals surface area contributed by atoms with Gasteiger partial charge < -0.3 is 15.8 Å². The molecule has 0 spiro atoms. The van der Waals surface area contributed by atoms with Gasteiger partial charge in [0, 0.05) is 11.4 Å². The van der Waals surface area contributed by atoms with Crippen molar-refractivity contribution in [2.24, 2.45) is 5.73 Å². The molecule has 86 valence electrons. The summed E-state index contributed by atoms with van der Waals surface area (Å²) in [6.07, 6.45) is -0.543. The Hall–Kier alpha value is -2.24. The SMILES string of the molecule is CCOC(=O)Nc1cccc(NC(N)=O)c1. The number of primary amides is 1.